The lowest BCUT2D eigenvalue weighted by Gasteiger charge is -2.15. The van der Waals surface area contributed by atoms with Crippen molar-refractivity contribution in [2.24, 2.45) is 0 Å². The van der Waals surface area contributed by atoms with Crippen LogP contribution in [0.15, 0.2) is 36.4 Å². The molecule has 0 unspecified atom stereocenters. The number of halogens is 4. The fourth-order valence-corrected chi connectivity index (χ4v) is 2.10. The van der Waals surface area contributed by atoms with Crippen molar-refractivity contribution >= 4 is 17.5 Å². The summed E-state index contributed by atoms with van der Waals surface area (Å²) in [4.78, 5) is 12.0. The molecule has 21 heavy (non-hydrogen) atoms. The Hall–Kier alpha value is -2.01. The van der Waals surface area contributed by atoms with Gasteiger partial charge in [-0.25, -0.2) is 13.2 Å². The van der Waals surface area contributed by atoms with Crippen LogP contribution in [0, 0.1) is 17.5 Å². The highest BCUT2D eigenvalue weighted by Gasteiger charge is 2.18. The van der Waals surface area contributed by atoms with Crippen LogP contribution in [0.25, 0.3) is 0 Å². The van der Waals surface area contributed by atoms with Gasteiger partial charge in [0.05, 0.1) is 16.6 Å². The summed E-state index contributed by atoms with van der Waals surface area (Å²) in [5, 5.41) is 2.47. The molecule has 1 atom stereocenters. The Morgan fingerprint density at radius 3 is 2.43 bits per heavy atom. The summed E-state index contributed by atoms with van der Waals surface area (Å²) in [6.45, 7) is 1.57. The van der Waals surface area contributed by atoms with E-state index in [0.717, 1.165) is 18.2 Å². The highest BCUT2D eigenvalue weighted by molar-refractivity contribution is 6.33. The number of carbonyl (C=O) groups excluding carboxylic acids is 1. The number of benzene rings is 2. The summed E-state index contributed by atoms with van der Waals surface area (Å²) in [6.07, 6.45) is 0. The van der Waals surface area contributed by atoms with Gasteiger partial charge in [0.1, 0.15) is 5.82 Å². The van der Waals surface area contributed by atoms with Gasteiger partial charge in [0, 0.05) is 0 Å². The lowest BCUT2D eigenvalue weighted by atomic mass is 10.1. The molecule has 2 nitrogen and oxygen atoms in total. The largest absolute Gasteiger partial charge is 0.345 e. The third kappa shape index (κ3) is 3.36. The second kappa shape index (κ2) is 6.18. The minimum Gasteiger partial charge on any atom is -0.345 e. The first-order chi connectivity index (χ1) is 9.90. The smallest absolute Gasteiger partial charge is 0.256 e. The maximum absolute atomic E-state index is 13.6. The second-order valence-electron chi connectivity index (χ2n) is 4.47. The summed E-state index contributed by atoms with van der Waals surface area (Å²) < 4.78 is 39.6. The predicted molar refractivity (Wildman–Crippen MR) is 73.6 cm³/mol. The summed E-state index contributed by atoms with van der Waals surface area (Å²) in [7, 11) is 0. The normalized spacial score (nSPS) is 12.0. The molecule has 2 aromatic carbocycles. The van der Waals surface area contributed by atoms with E-state index < -0.39 is 29.4 Å². The first kappa shape index (κ1) is 15.4. The van der Waals surface area contributed by atoms with E-state index in [2.05, 4.69) is 5.32 Å². The molecule has 6 heteroatoms. The lowest BCUT2D eigenvalue weighted by Crippen LogP contribution is -2.27. The summed E-state index contributed by atoms with van der Waals surface area (Å²) in [5.74, 6) is -3.47. The number of nitrogens with one attached hydrogen (secondary N) is 1. The standard InChI is InChI=1S/C15H11ClF3NO/c1-8(9-5-6-11(17)13(19)7-9)20-15(21)14-10(16)3-2-4-12(14)18/h2-8H,1H3,(H,20,21)/t8-/m0/s1. The molecule has 0 radical (unpaired) electrons. The Morgan fingerprint density at radius 1 is 1.10 bits per heavy atom. The van der Waals surface area contributed by atoms with E-state index >= 15 is 0 Å². The number of hydrogen-bond donors (Lipinski definition) is 1. The van der Waals surface area contributed by atoms with Crippen LogP contribution in [0.5, 0.6) is 0 Å². The molecule has 0 heterocycles. The van der Waals surface area contributed by atoms with Crippen LogP contribution >= 0.6 is 11.6 Å². The predicted octanol–water partition coefficient (Wildman–Crippen LogP) is 4.25. The van der Waals surface area contributed by atoms with E-state index in [4.69, 9.17) is 11.6 Å². The van der Waals surface area contributed by atoms with E-state index in [1.54, 1.807) is 6.92 Å². The van der Waals surface area contributed by atoms with Gasteiger partial charge in [0.15, 0.2) is 11.6 Å². The maximum Gasteiger partial charge on any atom is 0.256 e. The van der Waals surface area contributed by atoms with Gasteiger partial charge < -0.3 is 5.32 Å². The molecular weight excluding hydrogens is 303 g/mol. The van der Waals surface area contributed by atoms with E-state index in [0.29, 0.717) is 5.56 Å². The number of hydrogen-bond acceptors (Lipinski definition) is 1. The molecule has 0 saturated heterocycles. The fourth-order valence-electron chi connectivity index (χ4n) is 1.85. The second-order valence-corrected chi connectivity index (χ2v) is 4.87. The molecule has 0 fully saturated rings. The van der Waals surface area contributed by atoms with Crippen molar-refractivity contribution in [2.75, 3.05) is 0 Å². The third-order valence-electron chi connectivity index (χ3n) is 2.98. The molecular formula is C15H11ClF3NO. The Balaban J connectivity index is 2.21. The number of carbonyl (C=O) groups is 1. The first-order valence-electron chi connectivity index (χ1n) is 6.10. The molecule has 1 N–H and O–H groups in total. The third-order valence-corrected chi connectivity index (χ3v) is 3.30. The van der Waals surface area contributed by atoms with Crippen molar-refractivity contribution < 1.29 is 18.0 Å². The Kier molecular flexibility index (Phi) is 4.53. The molecule has 0 spiro atoms. The first-order valence-corrected chi connectivity index (χ1v) is 6.47. The van der Waals surface area contributed by atoms with Crippen molar-refractivity contribution in [3.05, 3.63) is 70.0 Å². The minimum absolute atomic E-state index is 0.0232. The van der Waals surface area contributed by atoms with Crippen LogP contribution in [-0.4, -0.2) is 5.91 Å². The van der Waals surface area contributed by atoms with E-state index in [1.807, 2.05) is 0 Å². The number of amides is 1. The van der Waals surface area contributed by atoms with Crippen LogP contribution < -0.4 is 5.32 Å². The van der Waals surface area contributed by atoms with Crippen LogP contribution in [-0.2, 0) is 0 Å². The monoisotopic (exact) mass is 313 g/mol. The topological polar surface area (TPSA) is 29.1 Å². The lowest BCUT2D eigenvalue weighted by molar-refractivity contribution is 0.0936. The molecule has 0 aromatic heterocycles. The zero-order valence-corrected chi connectivity index (χ0v) is 11.7. The van der Waals surface area contributed by atoms with E-state index in [9.17, 15) is 18.0 Å². The Bertz CT molecular complexity index is 670. The Labute approximate surface area is 124 Å². The van der Waals surface area contributed by atoms with Gasteiger partial charge in [-0.15, -0.1) is 0 Å². The highest BCUT2D eigenvalue weighted by Crippen LogP contribution is 2.21. The summed E-state index contributed by atoms with van der Waals surface area (Å²) in [5.41, 5.74) is 0.0725. The molecule has 1 amide bonds. The van der Waals surface area contributed by atoms with Gasteiger partial charge in [-0.1, -0.05) is 23.7 Å². The summed E-state index contributed by atoms with van der Waals surface area (Å²) in [6, 6.07) is 6.53. The van der Waals surface area contributed by atoms with Crippen LogP contribution in [0.1, 0.15) is 28.9 Å². The van der Waals surface area contributed by atoms with Crippen molar-refractivity contribution in [2.45, 2.75) is 13.0 Å². The zero-order chi connectivity index (χ0) is 15.6. The molecule has 0 saturated carbocycles. The van der Waals surface area contributed by atoms with Gasteiger partial charge in [-0.2, -0.15) is 0 Å². The molecule has 0 aliphatic rings. The van der Waals surface area contributed by atoms with Crippen LogP contribution in [0.2, 0.25) is 5.02 Å². The summed E-state index contributed by atoms with van der Waals surface area (Å²) >= 11 is 5.79. The zero-order valence-electron chi connectivity index (χ0n) is 11.0. The molecule has 0 aliphatic heterocycles. The fraction of sp³-hybridized carbons (Fsp3) is 0.133. The average Bonchev–Trinajstić information content (AvgIpc) is 2.41. The molecule has 2 aromatic rings. The molecule has 110 valence electrons. The SMILES string of the molecule is C[C@H](NC(=O)c1c(F)cccc1Cl)c1ccc(F)c(F)c1. The number of rotatable bonds is 3. The van der Waals surface area contributed by atoms with Gasteiger partial charge >= 0.3 is 0 Å². The van der Waals surface area contributed by atoms with Gasteiger partial charge in [0.2, 0.25) is 0 Å². The van der Waals surface area contributed by atoms with Crippen LogP contribution in [0.3, 0.4) is 0 Å². The molecule has 0 aliphatic carbocycles. The average molecular weight is 314 g/mol. The van der Waals surface area contributed by atoms with Crippen molar-refractivity contribution in [1.82, 2.24) is 5.32 Å². The van der Waals surface area contributed by atoms with E-state index in [1.165, 1.54) is 18.2 Å². The highest BCUT2D eigenvalue weighted by atomic mass is 35.5. The maximum atomic E-state index is 13.6. The van der Waals surface area contributed by atoms with Crippen LogP contribution in [0.4, 0.5) is 13.2 Å². The van der Waals surface area contributed by atoms with Crippen molar-refractivity contribution in [1.29, 1.82) is 0 Å². The van der Waals surface area contributed by atoms with Crippen molar-refractivity contribution in [3.63, 3.8) is 0 Å². The van der Waals surface area contributed by atoms with Crippen molar-refractivity contribution in [3.8, 4) is 0 Å². The molecule has 2 rings (SSSR count). The Morgan fingerprint density at radius 2 is 1.81 bits per heavy atom. The van der Waals surface area contributed by atoms with E-state index in [-0.39, 0.29) is 10.6 Å². The van der Waals surface area contributed by atoms with Gasteiger partial charge in [0.25, 0.3) is 5.91 Å². The molecule has 0 bridgehead atoms. The van der Waals surface area contributed by atoms with Gasteiger partial charge in [-0.3, -0.25) is 4.79 Å². The quantitative estimate of drug-likeness (QED) is 0.902. The minimum atomic E-state index is -1.02. The van der Waals surface area contributed by atoms with Gasteiger partial charge in [-0.05, 0) is 36.8 Å².